The summed E-state index contributed by atoms with van der Waals surface area (Å²) in [4.78, 5) is 17.5. The lowest BCUT2D eigenvalue weighted by Gasteiger charge is -2.04. The predicted octanol–water partition coefficient (Wildman–Crippen LogP) is 4.27. The molecule has 0 saturated carbocycles. The molecule has 22 heavy (non-hydrogen) atoms. The van der Waals surface area contributed by atoms with Gasteiger partial charge in [0.05, 0.1) is 6.61 Å². The minimum absolute atomic E-state index is 0.307. The Balaban J connectivity index is 2.06. The van der Waals surface area contributed by atoms with Crippen molar-refractivity contribution in [3.63, 3.8) is 0 Å². The first-order valence-electron chi connectivity index (χ1n) is 7.37. The van der Waals surface area contributed by atoms with Gasteiger partial charge in [-0.25, -0.2) is 9.78 Å². The van der Waals surface area contributed by atoms with Crippen LogP contribution in [0.2, 0.25) is 0 Å². The molecule has 114 valence electrons. The third kappa shape index (κ3) is 2.76. The van der Waals surface area contributed by atoms with E-state index in [0.29, 0.717) is 24.3 Å². The van der Waals surface area contributed by atoms with Gasteiger partial charge in [0.15, 0.2) is 5.89 Å². The van der Waals surface area contributed by atoms with E-state index in [-0.39, 0.29) is 5.63 Å². The Morgan fingerprint density at radius 3 is 2.68 bits per heavy atom. The molecule has 0 fully saturated rings. The molecule has 0 aliphatic heterocycles. The Bertz CT molecular complexity index is 833. The number of nitrogens with zero attached hydrogens (tertiary/aromatic N) is 1. The minimum Gasteiger partial charge on any atom is -0.494 e. The highest BCUT2D eigenvalue weighted by Crippen LogP contribution is 2.32. The first-order valence-corrected chi connectivity index (χ1v) is 8.25. The first-order chi connectivity index (χ1) is 10.7. The van der Waals surface area contributed by atoms with Gasteiger partial charge in [0, 0.05) is 17.4 Å². The Kier molecular flexibility index (Phi) is 4.24. The van der Waals surface area contributed by atoms with Crippen LogP contribution < -0.4 is 10.4 Å². The molecule has 0 bridgehead atoms. The standard InChI is InChI=1S/C17H17NO3S/c1-3-5-14-18-16-15(17(19)21-14)13(10-22-16)11-6-8-12(9-7-11)20-4-2/h6-10H,3-5H2,1-2H3. The fraction of sp³-hybridized carbons (Fsp3) is 0.294. The second-order valence-electron chi connectivity index (χ2n) is 4.93. The molecule has 0 N–H and O–H groups in total. The van der Waals surface area contributed by atoms with Crippen LogP contribution in [0.15, 0.2) is 38.9 Å². The Labute approximate surface area is 132 Å². The maximum Gasteiger partial charge on any atom is 0.348 e. The molecule has 2 aromatic heterocycles. The second-order valence-corrected chi connectivity index (χ2v) is 5.79. The fourth-order valence-corrected chi connectivity index (χ4v) is 3.30. The van der Waals surface area contributed by atoms with E-state index in [0.717, 1.165) is 28.1 Å². The number of rotatable bonds is 5. The van der Waals surface area contributed by atoms with Crippen molar-refractivity contribution in [2.45, 2.75) is 26.7 Å². The Morgan fingerprint density at radius 1 is 1.23 bits per heavy atom. The molecule has 0 spiro atoms. The summed E-state index contributed by atoms with van der Waals surface area (Å²) in [6.45, 7) is 4.62. The lowest BCUT2D eigenvalue weighted by atomic mass is 10.1. The van der Waals surface area contributed by atoms with E-state index in [1.165, 1.54) is 11.3 Å². The van der Waals surface area contributed by atoms with E-state index >= 15 is 0 Å². The van der Waals surface area contributed by atoms with Crippen LogP contribution in [0, 0.1) is 0 Å². The molecule has 0 saturated heterocycles. The molecule has 3 rings (SSSR count). The van der Waals surface area contributed by atoms with Crippen molar-refractivity contribution in [2.24, 2.45) is 0 Å². The molecule has 5 heteroatoms. The molecule has 0 atom stereocenters. The molecule has 0 aliphatic carbocycles. The first kappa shape index (κ1) is 14.8. The third-order valence-electron chi connectivity index (χ3n) is 3.35. The largest absolute Gasteiger partial charge is 0.494 e. The topological polar surface area (TPSA) is 52.3 Å². The average Bonchev–Trinajstić information content (AvgIpc) is 2.93. The minimum atomic E-state index is -0.307. The number of thiophene rings is 1. The van der Waals surface area contributed by atoms with Crippen molar-refractivity contribution in [3.05, 3.63) is 46.0 Å². The van der Waals surface area contributed by atoms with Crippen molar-refractivity contribution in [1.29, 1.82) is 0 Å². The van der Waals surface area contributed by atoms with Gasteiger partial charge >= 0.3 is 5.63 Å². The van der Waals surface area contributed by atoms with Crippen LogP contribution in [0.5, 0.6) is 5.75 Å². The Morgan fingerprint density at radius 2 is 2.00 bits per heavy atom. The smallest absolute Gasteiger partial charge is 0.348 e. The van der Waals surface area contributed by atoms with Gasteiger partial charge in [-0.15, -0.1) is 11.3 Å². The van der Waals surface area contributed by atoms with Crippen molar-refractivity contribution >= 4 is 21.6 Å². The van der Waals surface area contributed by atoms with Crippen LogP contribution in [0.1, 0.15) is 26.2 Å². The maximum atomic E-state index is 12.3. The number of aryl methyl sites for hydroxylation is 1. The zero-order valence-corrected chi connectivity index (χ0v) is 13.4. The second kappa shape index (κ2) is 6.32. The van der Waals surface area contributed by atoms with Gasteiger partial charge in [-0.05, 0) is 31.0 Å². The van der Waals surface area contributed by atoms with Crippen molar-refractivity contribution < 1.29 is 9.15 Å². The van der Waals surface area contributed by atoms with Gasteiger partial charge in [0.1, 0.15) is 16.0 Å². The normalized spacial score (nSPS) is 11.0. The number of hydrogen-bond acceptors (Lipinski definition) is 5. The molecule has 0 radical (unpaired) electrons. The van der Waals surface area contributed by atoms with E-state index in [2.05, 4.69) is 4.98 Å². The molecule has 0 aliphatic rings. The monoisotopic (exact) mass is 315 g/mol. The van der Waals surface area contributed by atoms with Crippen molar-refractivity contribution in [2.75, 3.05) is 6.61 Å². The zero-order valence-electron chi connectivity index (χ0n) is 12.6. The van der Waals surface area contributed by atoms with Gasteiger partial charge in [0.25, 0.3) is 0 Å². The average molecular weight is 315 g/mol. The lowest BCUT2D eigenvalue weighted by molar-refractivity contribution is 0.340. The third-order valence-corrected chi connectivity index (χ3v) is 4.22. The number of aromatic nitrogens is 1. The van der Waals surface area contributed by atoms with E-state index in [9.17, 15) is 4.79 Å². The van der Waals surface area contributed by atoms with Crippen molar-refractivity contribution in [3.8, 4) is 16.9 Å². The van der Waals surface area contributed by atoms with Gasteiger partial charge in [-0.3, -0.25) is 0 Å². The predicted molar refractivity (Wildman–Crippen MR) is 88.8 cm³/mol. The number of benzene rings is 1. The molecular weight excluding hydrogens is 298 g/mol. The van der Waals surface area contributed by atoms with Crippen LogP contribution in [0.4, 0.5) is 0 Å². The van der Waals surface area contributed by atoms with Gasteiger partial charge < -0.3 is 9.15 Å². The molecule has 1 aromatic carbocycles. The van der Waals surface area contributed by atoms with Crippen LogP contribution >= 0.6 is 11.3 Å². The summed E-state index contributed by atoms with van der Waals surface area (Å²) in [6.07, 6.45) is 1.58. The van der Waals surface area contributed by atoms with Gasteiger partial charge in [0.2, 0.25) is 0 Å². The van der Waals surface area contributed by atoms with Crippen LogP contribution in [-0.4, -0.2) is 11.6 Å². The van der Waals surface area contributed by atoms with E-state index in [1.807, 2.05) is 43.5 Å². The molecule has 0 unspecified atom stereocenters. The van der Waals surface area contributed by atoms with Crippen LogP contribution in [0.25, 0.3) is 21.3 Å². The number of hydrogen-bond donors (Lipinski definition) is 0. The van der Waals surface area contributed by atoms with Crippen LogP contribution in [0.3, 0.4) is 0 Å². The summed E-state index contributed by atoms with van der Waals surface area (Å²) >= 11 is 1.48. The summed E-state index contributed by atoms with van der Waals surface area (Å²) in [6, 6.07) is 7.71. The SMILES string of the molecule is CCCc1nc2scc(-c3ccc(OCC)cc3)c2c(=O)o1. The molecular formula is C17H17NO3S. The van der Waals surface area contributed by atoms with E-state index in [4.69, 9.17) is 9.15 Å². The summed E-state index contributed by atoms with van der Waals surface area (Å²) in [5.41, 5.74) is 1.53. The van der Waals surface area contributed by atoms with Gasteiger partial charge in [-0.2, -0.15) is 0 Å². The van der Waals surface area contributed by atoms with E-state index in [1.54, 1.807) is 0 Å². The summed E-state index contributed by atoms with van der Waals surface area (Å²) in [5, 5.41) is 2.52. The molecule has 3 aromatic rings. The summed E-state index contributed by atoms with van der Waals surface area (Å²) in [7, 11) is 0. The summed E-state index contributed by atoms with van der Waals surface area (Å²) in [5.74, 6) is 1.33. The molecule has 0 amide bonds. The molecule has 4 nitrogen and oxygen atoms in total. The highest BCUT2D eigenvalue weighted by atomic mass is 32.1. The number of fused-ring (bicyclic) bond motifs is 1. The highest BCUT2D eigenvalue weighted by Gasteiger charge is 2.14. The fourth-order valence-electron chi connectivity index (χ4n) is 2.35. The Hall–Kier alpha value is -2.14. The van der Waals surface area contributed by atoms with Crippen molar-refractivity contribution in [1.82, 2.24) is 4.98 Å². The molecule has 2 heterocycles. The van der Waals surface area contributed by atoms with Crippen LogP contribution in [-0.2, 0) is 6.42 Å². The maximum absolute atomic E-state index is 12.3. The lowest BCUT2D eigenvalue weighted by Crippen LogP contribution is -2.04. The van der Waals surface area contributed by atoms with Gasteiger partial charge in [-0.1, -0.05) is 19.1 Å². The number of ether oxygens (including phenoxy) is 1. The summed E-state index contributed by atoms with van der Waals surface area (Å²) < 4.78 is 10.8. The quantitative estimate of drug-likeness (QED) is 0.705. The highest BCUT2D eigenvalue weighted by molar-refractivity contribution is 7.17. The zero-order chi connectivity index (χ0) is 15.5. The van der Waals surface area contributed by atoms with E-state index < -0.39 is 0 Å².